The number of pyridine rings is 1. The van der Waals surface area contributed by atoms with Crippen LogP contribution in [0.3, 0.4) is 0 Å². The van der Waals surface area contributed by atoms with Gasteiger partial charge in [0, 0.05) is 12.7 Å². The molecule has 1 aliphatic heterocycles. The molecule has 6 nitrogen and oxygen atoms in total. The van der Waals surface area contributed by atoms with Crippen molar-refractivity contribution in [1.82, 2.24) is 15.2 Å². The average molecular weight is 319 g/mol. The van der Waals surface area contributed by atoms with Gasteiger partial charge in [0.05, 0.1) is 12.2 Å². The third-order valence-corrected chi connectivity index (χ3v) is 3.60. The Morgan fingerprint density at radius 2 is 2.13 bits per heavy atom. The zero-order valence-corrected chi connectivity index (χ0v) is 14.0. The molecule has 2 amide bonds. The van der Waals surface area contributed by atoms with Crippen LogP contribution in [0.1, 0.15) is 45.7 Å². The highest BCUT2D eigenvalue weighted by Crippen LogP contribution is 2.20. The summed E-state index contributed by atoms with van der Waals surface area (Å²) in [5.74, 6) is -0.152. The minimum Gasteiger partial charge on any atom is -0.444 e. The highest BCUT2D eigenvalue weighted by atomic mass is 16.6. The van der Waals surface area contributed by atoms with Crippen LogP contribution in [-0.2, 0) is 16.1 Å². The van der Waals surface area contributed by atoms with Gasteiger partial charge in [0.25, 0.3) is 0 Å². The monoisotopic (exact) mass is 319 g/mol. The van der Waals surface area contributed by atoms with Crippen LogP contribution in [0.15, 0.2) is 24.4 Å². The molecule has 0 aromatic carbocycles. The second-order valence-corrected chi connectivity index (χ2v) is 6.72. The van der Waals surface area contributed by atoms with Gasteiger partial charge >= 0.3 is 6.09 Å². The first-order valence-electron chi connectivity index (χ1n) is 8.04. The van der Waals surface area contributed by atoms with E-state index in [2.05, 4.69) is 10.3 Å². The van der Waals surface area contributed by atoms with Crippen molar-refractivity contribution in [2.45, 2.75) is 58.2 Å². The molecule has 1 aliphatic rings. The summed E-state index contributed by atoms with van der Waals surface area (Å²) in [7, 11) is 0. The van der Waals surface area contributed by atoms with Crippen molar-refractivity contribution in [3.05, 3.63) is 30.1 Å². The van der Waals surface area contributed by atoms with E-state index in [4.69, 9.17) is 4.74 Å². The number of carbonyl (C=O) groups excluding carboxylic acids is 2. The summed E-state index contributed by atoms with van der Waals surface area (Å²) in [5.41, 5.74) is 0.226. The number of hydrogen-bond acceptors (Lipinski definition) is 4. The van der Waals surface area contributed by atoms with Crippen LogP contribution in [-0.4, -0.2) is 40.1 Å². The van der Waals surface area contributed by atoms with Crippen molar-refractivity contribution >= 4 is 12.0 Å². The summed E-state index contributed by atoms with van der Waals surface area (Å²) in [6.45, 7) is 6.38. The summed E-state index contributed by atoms with van der Waals surface area (Å²) >= 11 is 0. The van der Waals surface area contributed by atoms with E-state index >= 15 is 0 Å². The van der Waals surface area contributed by atoms with Gasteiger partial charge in [-0.15, -0.1) is 0 Å². The third kappa shape index (κ3) is 5.23. The number of aromatic nitrogens is 1. The fourth-order valence-corrected chi connectivity index (χ4v) is 2.54. The van der Waals surface area contributed by atoms with Gasteiger partial charge in [-0.1, -0.05) is 6.07 Å². The molecule has 0 spiro atoms. The zero-order valence-electron chi connectivity index (χ0n) is 14.0. The lowest BCUT2D eigenvalue weighted by Crippen LogP contribution is -2.53. The minimum absolute atomic E-state index is 0.152. The van der Waals surface area contributed by atoms with E-state index < -0.39 is 17.7 Å². The first-order chi connectivity index (χ1) is 10.9. The normalized spacial score (nSPS) is 18.4. The molecule has 6 heteroatoms. The summed E-state index contributed by atoms with van der Waals surface area (Å²) in [6.07, 6.45) is 3.75. The van der Waals surface area contributed by atoms with Crippen LogP contribution in [0.5, 0.6) is 0 Å². The van der Waals surface area contributed by atoms with E-state index in [0.717, 1.165) is 18.5 Å². The molecule has 1 fully saturated rings. The Morgan fingerprint density at radius 1 is 1.35 bits per heavy atom. The minimum atomic E-state index is -0.566. The Kier molecular flexibility index (Phi) is 5.58. The fourth-order valence-electron chi connectivity index (χ4n) is 2.54. The molecule has 0 radical (unpaired) electrons. The van der Waals surface area contributed by atoms with Crippen molar-refractivity contribution in [2.75, 3.05) is 6.54 Å². The number of ether oxygens (including phenoxy) is 1. The standard InChI is InChI=1S/C17H25N3O3/c1-17(2,3)23-16(22)20-11-7-5-9-14(20)15(21)19-12-13-8-4-6-10-18-13/h4,6,8,10,14H,5,7,9,11-12H2,1-3H3,(H,19,21). The van der Waals surface area contributed by atoms with Gasteiger partial charge in [-0.25, -0.2) is 4.79 Å². The molecule has 0 bridgehead atoms. The molecule has 126 valence electrons. The van der Waals surface area contributed by atoms with Crippen molar-refractivity contribution in [3.8, 4) is 0 Å². The maximum Gasteiger partial charge on any atom is 0.410 e. The smallest absolute Gasteiger partial charge is 0.410 e. The van der Waals surface area contributed by atoms with E-state index in [1.165, 1.54) is 0 Å². The number of piperidine rings is 1. The van der Waals surface area contributed by atoms with Gasteiger partial charge in [-0.05, 0) is 52.2 Å². The lowest BCUT2D eigenvalue weighted by atomic mass is 10.0. The number of likely N-dealkylation sites (tertiary alicyclic amines) is 1. The molecule has 23 heavy (non-hydrogen) atoms. The van der Waals surface area contributed by atoms with Gasteiger partial charge in [-0.2, -0.15) is 0 Å². The highest BCUT2D eigenvalue weighted by molar-refractivity contribution is 5.85. The van der Waals surface area contributed by atoms with Crippen LogP contribution in [0.25, 0.3) is 0 Å². The zero-order chi connectivity index (χ0) is 16.9. The number of hydrogen-bond donors (Lipinski definition) is 1. The van der Waals surface area contributed by atoms with E-state index in [9.17, 15) is 9.59 Å². The number of carbonyl (C=O) groups is 2. The first kappa shape index (κ1) is 17.2. The molecule has 2 rings (SSSR count). The van der Waals surface area contributed by atoms with E-state index in [1.54, 1.807) is 11.1 Å². The number of amides is 2. The quantitative estimate of drug-likeness (QED) is 0.929. The number of rotatable bonds is 3. The lowest BCUT2D eigenvalue weighted by Gasteiger charge is -2.35. The van der Waals surface area contributed by atoms with Gasteiger partial charge in [0.15, 0.2) is 0 Å². The van der Waals surface area contributed by atoms with Crippen molar-refractivity contribution < 1.29 is 14.3 Å². The van der Waals surface area contributed by atoms with Crippen LogP contribution in [0, 0.1) is 0 Å². The molecule has 1 atom stereocenters. The Bertz CT molecular complexity index is 540. The van der Waals surface area contributed by atoms with Crippen LogP contribution in [0.2, 0.25) is 0 Å². The molecule has 2 heterocycles. The van der Waals surface area contributed by atoms with Crippen LogP contribution < -0.4 is 5.32 Å². The van der Waals surface area contributed by atoms with Crippen molar-refractivity contribution in [2.24, 2.45) is 0 Å². The van der Waals surface area contributed by atoms with E-state index in [-0.39, 0.29) is 5.91 Å². The van der Waals surface area contributed by atoms with Gasteiger partial charge in [-0.3, -0.25) is 14.7 Å². The topological polar surface area (TPSA) is 71.5 Å². The second-order valence-electron chi connectivity index (χ2n) is 6.72. The largest absolute Gasteiger partial charge is 0.444 e. The SMILES string of the molecule is CC(C)(C)OC(=O)N1CCCCC1C(=O)NCc1ccccn1. The van der Waals surface area contributed by atoms with E-state index in [1.807, 2.05) is 39.0 Å². The fraction of sp³-hybridized carbons (Fsp3) is 0.588. The van der Waals surface area contributed by atoms with Crippen LogP contribution in [0.4, 0.5) is 4.79 Å². The second kappa shape index (κ2) is 7.44. The van der Waals surface area contributed by atoms with Gasteiger partial charge in [0.1, 0.15) is 11.6 Å². The van der Waals surface area contributed by atoms with Crippen molar-refractivity contribution in [1.29, 1.82) is 0 Å². The molecule has 0 aliphatic carbocycles. The lowest BCUT2D eigenvalue weighted by molar-refractivity contribution is -0.127. The number of nitrogens with one attached hydrogen (secondary N) is 1. The molecule has 1 aromatic rings. The highest BCUT2D eigenvalue weighted by Gasteiger charge is 2.34. The molecular weight excluding hydrogens is 294 g/mol. The van der Waals surface area contributed by atoms with Gasteiger partial charge in [0.2, 0.25) is 5.91 Å². The Labute approximate surface area is 137 Å². The summed E-state index contributed by atoms with van der Waals surface area (Å²) in [6, 6.07) is 5.09. The predicted octanol–water partition coefficient (Wildman–Crippen LogP) is 2.49. The summed E-state index contributed by atoms with van der Waals surface area (Å²) < 4.78 is 5.42. The average Bonchev–Trinajstić information content (AvgIpc) is 2.52. The molecule has 1 N–H and O–H groups in total. The molecule has 0 saturated carbocycles. The molecule has 1 aromatic heterocycles. The summed E-state index contributed by atoms with van der Waals surface area (Å²) in [5, 5.41) is 2.87. The van der Waals surface area contributed by atoms with E-state index in [0.29, 0.717) is 19.5 Å². The molecule has 1 saturated heterocycles. The maximum atomic E-state index is 12.5. The first-order valence-corrected chi connectivity index (χ1v) is 8.04. The Hall–Kier alpha value is -2.11. The third-order valence-electron chi connectivity index (χ3n) is 3.60. The Balaban J connectivity index is 1.97. The van der Waals surface area contributed by atoms with Crippen LogP contribution >= 0.6 is 0 Å². The predicted molar refractivity (Wildman–Crippen MR) is 86.7 cm³/mol. The summed E-state index contributed by atoms with van der Waals surface area (Å²) in [4.78, 5) is 30.5. The van der Waals surface area contributed by atoms with Crippen molar-refractivity contribution in [3.63, 3.8) is 0 Å². The van der Waals surface area contributed by atoms with Gasteiger partial charge < -0.3 is 10.1 Å². The molecular formula is C17H25N3O3. The molecule has 1 unspecified atom stereocenters. The number of nitrogens with zero attached hydrogens (tertiary/aromatic N) is 2. The Morgan fingerprint density at radius 3 is 2.78 bits per heavy atom. The maximum absolute atomic E-state index is 12.5.